The summed E-state index contributed by atoms with van der Waals surface area (Å²) in [4.78, 5) is 37.4. The van der Waals surface area contributed by atoms with Crippen molar-refractivity contribution in [2.45, 2.75) is 18.5 Å². The number of carbonyl (C=O) groups excluding carboxylic acids is 2. The fourth-order valence-electron chi connectivity index (χ4n) is 2.92. The molecule has 0 saturated carbocycles. The molecule has 0 spiro atoms. The second kappa shape index (κ2) is 5.08. The monoisotopic (exact) mass is 306 g/mol. The molecule has 0 unspecified atom stereocenters. The molecule has 2 aliphatic heterocycles. The highest BCUT2D eigenvalue weighted by molar-refractivity contribution is 6.21. The summed E-state index contributed by atoms with van der Waals surface area (Å²) < 4.78 is 14.9. The normalized spacial score (nSPS) is 20.2. The molecule has 0 radical (unpaired) electrons. The molecule has 0 bridgehead atoms. The summed E-state index contributed by atoms with van der Waals surface area (Å²) in [5.41, 5.74) is -1.16. The number of rotatable bonds is 2. The van der Waals surface area contributed by atoms with Gasteiger partial charge >= 0.3 is 6.09 Å². The predicted octanol–water partition coefficient (Wildman–Crippen LogP) is 1.76. The van der Waals surface area contributed by atoms with Crippen LogP contribution in [0.5, 0.6) is 0 Å². The Morgan fingerprint density at radius 3 is 2.09 bits per heavy atom. The van der Waals surface area contributed by atoms with E-state index in [4.69, 9.17) is 5.11 Å². The molecule has 1 N–H and O–H groups in total. The van der Waals surface area contributed by atoms with E-state index in [1.54, 1.807) is 24.3 Å². The Kier molecular flexibility index (Phi) is 3.35. The van der Waals surface area contributed by atoms with Crippen molar-refractivity contribution in [1.82, 2.24) is 9.80 Å². The van der Waals surface area contributed by atoms with Gasteiger partial charge in [-0.2, -0.15) is 0 Å². The van der Waals surface area contributed by atoms with Gasteiger partial charge in [0.25, 0.3) is 11.8 Å². The van der Waals surface area contributed by atoms with Gasteiger partial charge in [0.1, 0.15) is 5.67 Å². The topological polar surface area (TPSA) is 77.9 Å². The van der Waals surface area contributed by atoms with Gasteiger partial charge in [-0.05, 0) is 12.1 Å². The smallest absolute Gasteiger partial charge is 0.407 e. The molecule has 22 heavy (non-hydrogen) atoms. The first kappa shape index (κ1) is 14.5. The van der Waals surface area contributed by atoms with E-state index in [0.29, 0.717) is 11.1 Å². The Bertz CT molecular complexity index is 618. The van der Waals surface area contributed by atoms with E-state index < -0.39 is 23.6 Å². The molecule has 2 aliphatic rings. The standard InChI is InChI=1S/C15H15FN2O4/c16-15(5-7-17(8-6-15)14(21)22)9-18-12(19)10-3-1-2-4-11(10)13(18)20/h1-4H,5-9H2,(H,21,22). The predicted molar refractivity (Wildman–Crippen MR) is 74.5 cm³/mol. The molecule has 0 aliphatic carbocycles. The number of benzene rings is 1. The van der Waals surface area contributed by atoms with Gasteiger partial charge < -0.3 is 10.0 Å². The number of alkyl halides is 1. The summed E-state index contributed by atoms with van der Waals surface area (Å²) in [5, 5.41) is 8.88. The third-order valence-corrected chi connectivity index (χ3v) is 4.25. The number of halogens is 1. The van der Waals surface area contributed by atoms with Gasteiger partial charge in [0, 0.05) is 25.9 Å². The van der Waals surface area contributed by atoms with E-state index in [-0.39, 0.29) is 32.5 Å². The molecule has 0 atom stereocenters. The van der Waals surface area contributed by atoms with E-state index >= 15 is 0 Å². The number of imide groups is 1. The van der Waals surface area contributed by atoms with Crippen LogP contribution in [0.3, 0.4) is 0 Å². The minimum absolute atomic E-state index is 0.0211. The molecule has 3 rings (SSSR count). The van der Waals surface area contributed by atoms with Crippen LogP contribution in [0.1, 0.15) is 33.6 Å². The van der Waals surface area contributed by atoms with Gasteiger partial charge in [0.2, 0.25) is 0 Å². The number of hydrogen-bond donors (Lipinski definition) is 1. The Balaban J connectivity index is 1.74. The van der Waals surface area contributed by atoms with E-state index in [9.17, 15) is 18.8 Å². The van der Waals surface area contributed by atoms with Crippen LogP contribution in [0.25, 0.3) is 0 Å². The maximum absolute atomic E-state index is 14.9. The molecular weight excluding hydrogens is 291 g/mol. The summed E-state index contributed by atoms with van der Waals surface area (Å²) in [5.74, 6) is -0.975. The molecule has 1 aromatic carbocycles. The van der Waals surface area contributed by atoms with Crippen molar-refractivity contribution in [1.29, 1.82) is 0 Å². The number of amides is 3. The van der Waals surface area contributed by atoms with Gasteiger partial charge in [-0.25, -0.2) is 9.18 Å². The molecule has 1 fully saturated rings. The van der Waals surface area contributed by atoms with E-state index in [1.807, 2.05) is 0 Å². The highest BCUT2D eigenvalue weighted by Crippen LogP contribution is 2.31. The lowest BCUT2D eigenvalue weighted by Gasteiger charge is -2.36. The summed E-state index contributed by atoms with van der Waals surface area (Å²) in [7, 11) is 0. The average molecular weight is 306 g/mol. The molecule has 1 aromatic rings. The number of carbonyl (C=O) groups is 3. The number of piperidine rings is 1. The first-order valence-electron chi connectivity index (χ1n) is 7.03. The zero-order valence-corrected chi connectivity index (χ0v) is 11.8. The van der Waals surface area contributed by atoms with Crippen LogP contribution >= 0.6 is 0 Å². The fourth-order valence-corrected chi connectivity index (χ4v) is 2.92. The number of hydrogen-bond acceptors (Lipinski definition) is 3. The number of likely N-dealkylation sites (tertiary alicyclic amines) is 1. The number of fused-ring (bicyclic) bond motifs is 1. The Hall–Kier alpha value is -2.44. The van der Waals surface area contributed by atoms with Crippen molar-refractivity contribution < 1.29 is 23.9 Å². The van der Waals surface area contributed by atoms with Crippen LogP contribution in [0.4, 0.5) is 9.18 Å². The fraction of sp³-hybridized carbons (Fsp3) is 0.400. The van der Waals surface area contributed by atoms with Crippen molar-refractivity contribution in [3.63, 3.8) is 0 Å². The molecule has 0 aromatic heterocycles. The molecule has 7 heteroatoms. The highest BCUT2D eigenvalue weighted by Gasteiger charge is 2.43. The van der Waals surface area contributed by atoms with Crippen molar-refractivity contribution in [2.75, 3.05) is 19.6 Å². The van der Waals surface area contributed by atoms with Crippen LogP contribution in [-0.4, -0.2) is 58.1 Å². The molecule has 1 saturated heterocycles. The van der Waals surface area contributed by atoms with Crippen LogP contribution in [0.2, 0.25) is 0 Å². The van der Waals surface area contributed by atoms with Gasteiger partial charge in [-0.3, -0.25) is 14.5 Å². The first-order chi connectivity index (χ1) is 10.4. The first-order valence-corrected chi connectivity index (χ1v) is 7.03. The van der Waals surface area contributed by atoms with Gasteiger partial charge in [-0.1, -0.05) is 12.1 Å². The quantitative estimate of drug-likeness (QED) is 0.845. The third-order valence-electron chi connectivity index (χ3n) is 4.25. The zero-order valence-electron chi connectivity index (χ0n) is 11.8. The largest absolute Gasteiger partial charge is 0.465 e. The summed E-state index contributed by atoms with van der Waals surface area (Å²) in [6.45, 7) is -0.198. The van der Waals surface area contributed by atoms with E-state index in [0.717, 1.165) is 9.80 Å². The summed E-state index contributed by atoms with van der Waals surface area (Å²) in [6, 6.07) is 6.41. The lowest BCUT2D eigenvalue weighted by Crippen LogP contribution is -2.50. The second-order valence-corrected chi connectivity index (χ2v) is 5.66. The molecular formula is C15H15FN2O4. The third kappa shape index (κ3) is 2.32. The maximum Gasteiger partial charge on any atom is 0.407 e. The highest BCUT2D eigenvalue weighted by atomic mass is 19.1. The minimum Gasteiger partial charge on any atom is -0.465 e. The second-order valence-electron chi connectivity index (χ2n) is 5.66. The minimum atomic E-state index is -1.74. The van der Waals surface area contributed by atoms with Crippen LogP contribution in [0, 0.1) is 0 Å². The van der Waals surface area contributed by atoms with Crippen LogP contribution in [-0.2, 0) is 0 Å². The SMILES string of the molecule is O=C(O)N1CCC(F)(CN2C(=O)c3ccccc3C2=O)CC1. The van der Waals surface area contributed by atoms with Crippen LogP contribution in [0.15, 0.2) is 24.3 Å². The maximum atomic E-state index is 14.9. The van der Waals surface area contributed by atoms with Crippen LogP contribution < -0.4 is 0 Å². The number of nitrogens with zero attached hydrogens (tertiary/aromatic N) is 2. The Labute approximate surface area is 126 Å². The lowest BCUT2D eigenvalue weighted by atomic mass is 9.93. The number of carboxylic acid groups (broad SMARTS) is 1. The van der Waals surface area contributed by atoms with Crippen molar-refractivity contribution in [3.8, 4) is 0 Å². The lowest BCUT2D eigenvalue weighted by molar-refractivity contribution is 0.0243. The van der Waals surface area contributed by atoms with Crippen molar-refractivity contribution in [2.24, 2.45) is 0 Å². The average Bonchev–Trinajstić information content (AvgIpc) is 2.73. The summed E-state index contributed by atoms with van der Waals surface area (Å²) >= 11 is 0. The summed E-state index contributed by atoms with van der Waals surface area (Å²) in [6.07, 6.45) is -1.12. The van der Waals surface area contributed by atoms with Crippen molar-refractivity contribution in [3.05, 3.63) is 35.4 Å². The van der Waals surface area contributed by atoms with Gasteiger partial charge in [0.15, 0.2) is 0 Å². The van der Waals surface area contributed by atoms with Gasteiger partial charge in [0.05, 0.1) is 17.7 Å². The zero-order chi connectivity index (χ0) is 15.9. The molecule has 3 amide bonds. The molecule has 2 heterocycles. The molecule has 116 valence electrons. The van der Waals surface area contributed by atoms with E-state index in [1.165, 1.54) is 0 Å². The Morgan fingerprint density at radius 2 is 1.64 bits per heavy atom. The van der Waals surface area contributed by atoms with Gasteiger partial charge in [-0.15, -0.1) is 0 Å². The molecule has 6 nitrogen and oxygen atoms in total. The van der Waals surface area contributed by atoms with E-state index in [2.05, 4.69) is 0 Å². The van der Waals surface area contributed by atoms with Crippen molar-refractivity contribution >= 4 is 17.9 Å². The Morgan fingerprint density at radius 1 is 1.14 bits per heavy atom.